The molecule has 0 saturated carbocycles. The maximum atomic E-state index is 13.5. The lowest BCUT2D eigenvalue weighted by Gasteiger charge is -2.02. The van der Waals surface area contributed by atoms with E-state index < -0.39 is 17.5 Å². The van der Waals surface area contributed by atoms with Crippen molar-refractivity contribution in [2.45, 2.75) is 0 Å². The van der Waals surface area contributed by atoms with Crippen molar-refractivity contribution >= 4 is 11.2 Å². The highest BCUT2D eigenvalue weighted by molar-refractivity contribution is 5.71. The van der Waals surface area contributed by atoms with Gasteiger partial charge in [0.2, 0.25) is 5.65 Å². The fourth-order valence-electron chi connectivity index (χ4n) is 1.48. The Morgan fingerprint density at radius 3 is 2.67 bits per heavy atom. The van der Waals surface area contributed by atoms with Crippen molar-refractivity contribution in [3.8, 4) is 11.4 Å². The molecule has 18 heavy (non-hydrogen) atoms. The fraction of sp³-hybridized carbons (Fsp3) is 0. The number of hydrogen-bond acceptors (Lipinski definition) is 4. The number of nitrogens with one attached hydrogen (secondary N) is 1. The van der Waals surface area contributed by atoms with Gasteiger partial charge in [-0.1, -0.05) is 0 Å². The molecule has 0 atom stereocenters. The predicted molar refractivity (Wildman–Crippen MR) is 54.8 cm³/mol. The van der Waals surface area contributed by atoms with Crippen LogP contribution in [-0.2, 0) is 0 Å². The number of halogens is 3. The topological polar surface area (TPSA) is 67.3 Å². The van der Waals surface area contributed by atoms with Crippen LogP contribution in [0.4, 0.5) is 13.2 Å². The minimum absolute atomic E-state index is 0.0900. The van der Waals surface area contributed by atoms with Crippen LogP contribution in [-0.4, -0.2) is 25.4 Å². The first-order valence-corrected chi connectivity index (χ1v) is 4.84. The molecule has 3 aromatic rings. The van der Waals surface area contributed by atoms with Gasteiger partial charge in [-0.15, -0.1) is 5.10 Å². The number of aromatic amines is 1. The number of aromatic nitrogens is 5. The van der Waals surface area contributed by atoms with Crippen molar-refractivity contribution in [1.82, 2.24) is 25.4 Å². The quantitative estimate of drug-likeness (QED) is 0.670. The Morgan fingerprint density at radius 2 is 1.83 bits per heavy atom. The first kappa shape index (κ1) is 10.6. The molecule has 0 fully saturated rings. The first-order valence-electron chi connectivity index (χ1n) is 4.84. The van der Waals surface area contributed by atoms with Crippen molar-refractivity contribution < 1.29 is 13.2 Å². The van der Waals surface area contributed by atoms with Gasteiger partial charge in [0.05, 0.1) is 11.8 Å². The van der Waals surface area contributed by atoms with Gasteiger partial charge in [0.15, 0.2) is 23.3 Å². The second-order valence-electron chi connectivity index (χ2n) is 3.45. The molecule has 3 rings (SSSR count). The zero-order valence-electron chi connectivity index (χ0n) is 8.65. The van der Waals surface area contributed by atoms with Gasteiger partial charge in [-0.25, -0.2) is 23.1 Å². The highest BCUT2D eigenvalue weighted by atomic mass is 19.2. The van der Waals surface area contributed by atoms with E-state index in [1.807, 2.05) is 0 Å². The maximum Gasteiger partial charge on any atom is 0.205 e. The summed E-state index contributed by atoms with van der Waals surface area (Å²) in [6, 6.07) is 1.87. The second kappa shape index (κ2) is 3.76. The normalized spacial score (nSPS) is 11.1. The summed E-state index contributed by atoms with van der Waals surface area (Å²) in [4.78, 5) is 7.71. The van der Waals surface area contributed by atoms with Crippen LogP contribution < -0.4 is 0 Å². The van der Waals surface area contributed by atoms with Crippen molar-refractivity contribution in [3.05, 3.63) is 35.8 Å². The Labute approximate surface area is 97.7 Å². The molecule has 90 valence electrons. The average molecular weight is 251 g/mol. The molecule has 0 aliphatic heterocycles. The standard InChI is InChI=1S/C10H4F3N5/c11-5-2-1-4(7(12)8(5)13)9-14-3-6-10(15-9)17-18-16-6/h1-3H,(H,14,15,16,17,18). The third-order valence-electron chi connectivity index (χ3n) is 2.35. The molecule has 0 aliphatic carbocycles. The molecule has 0 saturated heterocycles. The average Bonchev–Trinajstić information content (AvgIpc) is 2.83. The Balaban J connectivity index is 2.22. The summed E-state index contributed by atoms with van der Waals surface area (Å²) in [7, 11) is 0. The SMILES string of the molecule is Fc1ccc(-c2ncc3n[nH]nc3n2)c(F)c1F. The summed E-state index contributed by atoms with van der Waals surface area (Å²) in [5.74, 6) is -4.25. The van der Waals surface area contributed by atoms with Gasteiger partial charge in [-0.3, -0.25) is 0 Å². The van der Waals surface area contributed by atoms with E-state index in [1.165, 1.54) is 6.20 Å². The van der Waals surface area contributed by atoms with E-state index in [1.54, 1.807) is 0 Å². The largest absolute Gasteiger partial charge is 0.234 e. The van der Waals surface area contributed by atoms with Crippen LogP contribution >= 0.6 is 0 Å². The van der Waals surface area contributed by atoms with Gasteiger partial charge < -0.3 is 0 Å². The molecule has 0 amide bonds. The van der Waals surface area contributed by atoms with Crippen LogP contribution in [0, 0.1) is 17.5 Å². The van der Waals surface area contributed by atoms with Crippen molar-refractivity contribution in [3.63, 3.8) is 0 Å². The molecule has 0 spiro atoms. The van der Waals surface area contributed by atoms with Crippen LogP contribution in [0.25, 0.3) is 22.6 Å². The van der Waals surface area contributed by atoms with Gasteiger partial charge in [-0.05, 0) is 12.1 Å². The van der Waals surface area contributed by atoms with Gasteiger partial charge in [0, 0.05) is 0 Å². The molecule has 0 radical (unpaired) electrons. The Bertz CT molecular complexity index is 739. The van der Waals surface area contributed by atoms with E-state index in [0.717, 1.165) is 12.1 Å². The van der Waals surface area contributed by atoms with E-state index in [-0.39, 0.29) is 17.0 Å². The van der Waals surface area contributed by atoms with Crippen LogP contribution in [0.2, 0.25) is 0 Å². The Kier molecular flexibility index (Phi) is 2.22. The highest BCUT2D eigenvalue weighted by Gasteiger charge is 2.17. The third kappa shape index (κ3) is 1.50. The fourth-order valence-corrected chi connectivity index (χ4v) is 1.48. The van der Waals surface area contributed by atoms with Crippen molar-refractivity contribution in [1.29, 1.82) is 0 Å². The predicted octanol–water partition coefficient (Wildman–Crippen LogP) is 1.83. The van der Waals surface area contributed by atoms with Crippen LogP contribution in [0.5, 0.6) is 0 Å². The van der Waals surface area contributed by atoms with Gasteiger partial charge >= 0.3 is 0 Å². The maximum absolute atomic E-state index is 13.5. The number of H-pyrrole nitrogens is 1. The number of rotatable bonds is 1. The lowest BCUT2D eigenvalue weighted by atomic mass is 10.2. The summed E-state index contributed by atoms with van der Waals surface area (Å²) in [6.45, 7) is 0. The molecular formula is C10H4F3N5. The molecule has 1 aromatic carbocycles. The summed E-state index contributed by atoms with van der Waals surface area (Å²) in [6.07, 6.45) is 1.31. The molecule has 8 heteroatoms. The van der Waals surface area contributed by atoms with E-state index >= 15 is 0 Å². The van der Waals surface area contributed by atoms with E-state index in [4.69, 9.17) is 0 Å². The summed E-state index contributed by atoms with van der Waals surface area (Å²) >= 11 is 0. The molecule has 5 nitrogen and oxygen atoms in total. The Morgan fingerprint density at radius 1 is 1.00 bits per heavy atom. The molecule has 2 heterocycles. The molecular weight excluding hydrogens is 247 g/mol. The van der Waals surface area contributed by atoms with Crippen molar-refractivity contribution in [2.75, 3.05) is 0 Å². The summed E-state index contributed by atoms with van der Waals surface area (Å²) in [5.41, 5.74) is 0.365. The first-order chi connectivity index (χ1) is 8.66. The number of nitrogens with zero attached hydrogens (tertiary/aromatic N) is 4. The van der Waals surface area contributed by atoms with Crippen LogP contribution in [0.15, 0.2) is 18.3 Å². The molecule has 2 aromatic heterocycles. The van der Waals surface area contributed by atoms with Gasteiger partial charge in [-0.2, -0.15) is 10.3 Å². The van der Waals surface area contributed by atoms with Crippen molar-refractivity contribution in [2.24, 2.45) is 0 Å². The zero-order valence-corrected chi connectivity index (χ0v) is 8.65. The zero-order chi connectivity index (χ0) is 12.7. The molecule has 0 unspecified atom stereocenters. The molecule has 1 N–H and O–H groups in total. The van der Waals surface area contributed by atoms with Gasteiger partial charge in [0.1, 0.15) is 5.52 Å². The lowest BCUT2D eigenvalue weighted by Crippen LogP contribution is -1.97. The highest BCUT2D eigenvalue weighted by Crippen LogP contribution is 2.23. The van der Waals surface area contributed by atoms with E-state index in [0.29, 0.717) is 5.52 Å². The summed E-state index contributed by atoms with van der Waals surface area (Å²) < 4.78 is 39.4. The van der Waals surface area contributed by atoms with Crippen LogP contribution in [0.1, 0.15) is 0 Å². The van der Waals surface area contributed by atoms with Gasteiger partial charge in [0.25, 0.3) is 0 Å². The third-order valence-corrected chi connectivity index (χ3v) is 2.35. The van der Waals surface area contributed by atoms with E-state index in [2.05, 4.69) is 25.4 Å². The lowest BCUT2D eigenvalue weighted by molar-refractivity contribution is 0.448. The van der Waals surface area contributed by atoms with E-state index in [9.17, 15) is 13.2 Å². The monoisotopic (exact) mass is 251 g/mol. The second-order valence-corrected chi connectivity index (χ2v) is 3.45. The number of hydrogen-bond donors (Lipinski definition) is 1. The molecule has 0 aliphatic rings. The minimum atomic E-state index is -1.56. The van der Waals surface area contributed by atoms with Crippen LogP contribution in [0.3, 0.4) is 0 Å². The summed E-state index contributed by atoms with van der Waals surface area (Å²) in [5, 5.41) is 9.74. The number of benzene rings is 1. The molecule has 0 bridgehead atoms. The smallest absolute Gasteiger partial charge is 0.205 e. The number of fused-ring (bicyclic) bond motifs is 1. The Hall–Kier alpha value is -2.51. The minimum Gasteiger partial charge on any atom is -0.234 e.